The molecule has 0 nitrogen and oxygen atoms in total. The Kier molecular flexibility index (Phi) is 25.8. The molecular weight excluding hydrogens is 143 g/mol. The van der Waals surface area contributed by atoms with Crippen molar-refractivity contribution in [1.29, 1.82) is 0 Å². The third-order valence-corrected chi connectivity index (χ3v) is 0. The zero-order valence-electron chi connectivity index (χ0n) is 10.7. The lowest BCUT2D eigenvalue weighted by Crippen LogP contribution is -1.93. The van der Waals surface area contributed by atoms with Gasteiger partial charge in [-0.05, 0) is 11.3 Å². The van der Waals surface area contributed by atoms with Gasteiger partial charge in [-0.15, -0.1) is 0 Å². The summed E-state index contributed by atoms with van der Waals surface area (Å²) in [5, 5.41) is 0. The Morgan fingerprint density at radius 2 is 0.750 bits per heavy atom. The molecule has 3 radical (unpaired) electrons. The molecular formula is C11H28B. The third kappa shape index (κ3) is 196000. The van der Waals surface area contributed by atoms with E-state index in [4.69, 9.17) is 0 Å². The Balaban J connectivity index is -0.0000000419. The summed E-state index contributed by atoms with van der Waals surface area (Å²) in [5.74, 6) is 0.833. The lowest BCUT2D eigenvalue weighted by atomic mass is 10.0. The Morgan fingerprint density at radius 3 is 0.750 bits per heavy atom. The van der Waals surface area contributed by atoms with Gasteiger partial charge in [0.25, 0.3) is 0 Å². The molecule has 0 rings (SSSR count). The monoisotopic (exact) mass is 171 g/mol. The first-order chi connectivity index (χ1) is 4.73. The predicted octanol–water partition coefficient (Wildman–Crippen LogP) is 4.36. The van der Waals surface area contributed by atoms with Crippen LogP contribution in [-0.4, -0.2) is 8.41 Å². The summed E-state index contributed by atoms with van der Waals surface area (Å²) >= 11 is 0. The number of hydrogen-bond acceptors (Lipinski definition) is 0. The van der Waals surface area contributed by atoms with E-state index in [1.165, 1.54) is 0 Å². The van der Waals surface area contributed by atoms with Gasteiger partial charge in [0.15, 0.2) is 0 Å². The first-order valence-electron chi connectivity index (χ1n) is 4.73. The molecule has 0 fully saturated rings. The lowest BCUT2D eigenvalue weighted by Gasteiger charge is -2.05. The largest absolute Gasteiger partial charge is 0.0683 e. The maximum Gasteiger partial charge on any atom is 0 e. The normalized spacial score (nSPS) is 8.50. The second-order valence-electron chi connectivity index (χ2n) is 4.73. The van der Waals surface area contributed by atoms with Gasteiger partial charge in [0, 0.05) is 8.41 Å². The highest BCUT2D eigenvalue weighted by molar-refractivity contribution is 5.75. The molecule has 0 amide bonds. The van der Waals surface area contributed by atoms with Crippen LogP contribution in [0.1, 0.15) is 62.3 Å². The summed E-state index contributed by atoms with van der Waals surface area (Å²) < 4.78 is 0. The summed E-state index contributed by atoms with van der Waals surface area (Å²) in [6.45, 7) is 19.2. The van der Waals surface area contributed by atoms with E-state index in [1.54, 1.807) is 0 Å². The molecule has 0 aromatic carbocycles. The maximum atomic E-state index is 2.19. The minimum Gasteiger partial charge on any atom is -0.0683 e. The van der Waals surface area contributed by atoms with Crippen molar-refractivity contribution in [2.45, 2.75) is 62.3 Å². The van der Waals surface area contributed by atoms with Crippen LogP contribution in [0.4, 0.5) is 0 Å². The van der Waals surface area contributed by atoms with Crippen LogP contribution in [0, 0.1) is 11.3 Å². The van der Waals surface area contributed by atoms with Crippen molar-refractivity contribution in [3.8, 4) is 0 Å². The van der Waals surface area contributed by atoms with Crippen LogP contribution in [-0.2, 0) is 0 Å². The summed E-state index contributed by atoms with van der Waals surface area (Å²) in [5.41, 5.74) is 0.500. The van der Waals surface area contributed by atoms with Gasteiger partial charge in [-0.3, -0.25) is 0 Å². The molecule has 0 bridgehead atoms. The quantitative estimate of drug-likeness (QED) is 0.475. The average Bonchev–Trinajstić information content (AvgIpc) is 1.63. The second-order valence-corrected chi connectivity index (χ2v) is 4.73. The molecule has 0 aliphatic heterocycles. The maximum absolute atomic E-state index is 2.19. The fraction of sp³-hybridized carbons (Fsp3) is 1.00. The van der Waals surface area contributed by atoms with Crippen molar-refractivity contribution in [2.75, 3.05) is 0 Å². The molecule has 0 aliphatic carbocycles. The lowest BCUT2D eigenvalue weighted by molar-refractivity contribution is 0.469. The average molecular weight is 171 g/mol. The minimum atomic E-state index is 0. The number of hydrogen-bond donors (Lipinski definition) is 0. The van der Waals surface area contributed by atoms with E-state index in [2.05, 4.69) is 48.5 Å². The Bertz CT molecular complexity index is 41.8. The van der Waals surface area contributed by atoms with Crippen LogP contribution in [0.15, 0.2) is 0 Å². The molecule has 75 valence electrons. The van der Waals surface area contributed by atoms with Gasteiger partial charge in [-0.25, -0.2) is 0 Å². The van der Waals surface area contributed by atoms with E-state index in [-0.39, 0.29) is 8.41 Å². The van der Waals surface area contributed by atoms with Crippen molar-refractivity contribution >= 4 is 8.41 Å². The first-order valence-corrected chi connectivity index (χ1v) is 4.73. The third-order valence-electron chi connectivity index (χ3n) is 0. The van der Waals surface area contributed by atoms with Crippen LogP contribution in [0.3, 0.4) is 0 Å². The molecule has 0 N–H and O–H groups in total. The fourth-order valence-electron chi connectivity index (χ4n) is 0. The minimum absolute atomic E-state index is 0. The van der Waals surface area contributed by atoms with Crippen molar-refractivity contribution in [3.63, 3.8) is 0 Å². The molecule has 0 saturated carbocycles. The van der Waals surface area contributed by atoms with Crippen LogP contribution in [0.5, 0.6) is 0 Å². The molecule has 0 heterocycles. The highest BCUT2D eigenvalue weighted by Gasteiger charge is 1.95. The molecule has 0 aromatic rings. The van der Waals surface area contributed by atoms with Gasteiger partial charge in [-0.1, -0.05) is 62.3 Å². The number of rotatable bonds is 0. The zero-order valence-corrected chi connectivity index (χ0v) is 10.7. The van der Waals surface area contributed by atoms with Crippen LogP contribution in [0.2, 0.25) is 0 Å². The Hall–Kier alpha value is 0.0649. The van der Waals surface area contributed by atoms with Gasteiger partial charge in [0.1, 0.15) is 0 Å². The van der Waals surface area contributed by atoms with E-state index in [0.717, 1.165) is 5.92 Å². The summed E-state index contributed by atoms with van der Waals surface area (Å²) in [4.78, 5) is 0. The summed E-state index contributed by atoms with van der Waals surface area (Å²) in [7, 11) is 0. The standard InChI is InChI=1S/C5H12.C4H10.C2H6.B/c1-5(2,3)4;1-4(2)3;1-2;/h1-4H3;4H,1-3H3;1-2H3;. The molecule has 0 aliphatic rings. The smallest absolute Gasteiger partial charge is 0 e. The molecule has 12 heavy (non-hydrogen) atoms. The molecule has 0 atom stereocenters. The van der Waals surface area contributed by atoms with Gasteiger partial charge >= 0.3 is 0 Å². The van der Waals surface area contributed by atoms with Crippen LogP contribution >= 0.6 is 0 Å². The molecule has 0 unspecified atom stereocenters. The van der Waals surface area contributed by atoms with Crippen molar-refractivity contribution in [2.24, 2.45) is 11.3 Å². The van der Waals surface area contributed by atoms with Gasteiger partial charge in [0.2, 0.25) is 0 Å². The zero-order chi connectivity index (χ0) is 10.1. The molecule has 0 spiro atoms. The van der Waals surface area contributed by atoms with Crippen LogP contribution < -0.4 is 0 Å². The fourth-order valence-corrected chi connectivity index (χ4v) is 0. The van der Waals surface area contributed by atoms with Crippen LogP contribution in [0.25, 0.3) is 0 Å². The van der Waals surface area contributed by atoms with E-state index in [0.29, 0.717) is 5.41 Å². The van der Waals surface area contributed by atoms with Crippen molar-refractivity contribution < 1.29 is 0 Å². The summed E-state index contributed by atoms with van der Waals surface area (Å²) in [6, 6.07) is 0. The van der Waals surface area contributed by atoms with E-state index in [1.807, 2.05) is 13.8 Å². The van der Waals surface area contributed by atoms with Crippen molar-refractivity contribution in [1.82, 2.24) is 0 Å². The first kappa shape index (κ1) is 22.7. The molecule has 1 heteroatoms. The molecule has 0 aromatic heterocycles. The Labute approximate surface area is 82.7 Å². The van der Waals surface area contributed by atoms with E-state index < -0.39 is 0 Å². The van der Waals surface area contributed by atoms with Crippen molar-refractivity contribution in [3.05, 3.63) is 0 Å². The summed E-state index contributed by atoms with van der Waals surface area (Å²) in [6.07, 6.45) is 0. The Morgan fingerprint density at radius 1 is 0.750 bits per heavy atom. The van der Waals surface area contributed by atoms with E-state index in [9.17, 15) is 0 Å². The van der Waals surface area contributed by atoms with E-state index >= 15 is 0 Å². The predicted molar refractivity (Wildman–Crippen MR) is 62.7 cm³/mol. The molecule has 0 saturated heterocycles. The topological polar surface area (TPSA) is 0 Å². The second kappa shape index (κ2) is 13.6. The SMILES string of the molecule is CC.CC(C)(C)C.CC(C)C.[B]. The highest BCUT2D eigenvalue weighted by Crippen LogP contribution is 2.07. The highest BCUT2D eigenvalue weighted by atomic mass is 14.0. The van der Waals surface area contributed by atoms with Gasteiger partial charge in [-0.2, -0.15) is 0 Å². The van der Waals surface area contributed by atoms with Gasteiger partial charge in [0.05, 0.1) is 0 Å². The van der Waals surface area contributed by atoms with Gasteiger partial charge < -0.3 is 0 Å².